The summed E-state index contributed by atoms with van der Waals surface area (Å²) in [7, 11) is 0. The molecule has 0 aliphatic heterocycles. The van der Waals surface area contributed by atoms with Gasteiger partial charge in [0.05, 0.1) is 17.5 Å². The molecule has 94 valence electrons. The molecule has 0 aliphatic carbocycles. The number of nitrogens with one attached hydrogen (secondary N) is 1. The van der Waals surface area contributed by atoms with Gasteiger partial charge in [-0.25, -0.2) is 0 Å². The minimum Gasteiger partial charge on any atom is -0.481 e. The minimum atomic E-state index is -0.926. The lowest BCUT2D eigenvalue weighted by molar-refractivity contribution is -0.133. The molecule has 0 aliphatic rings. The smallest absolute Gasteiger partial charge is 0.313 e. The fraction of sp³-hybridized carbons (Fsp3) is 0.125. The molecule has 1 amide bonds. The van der Waals surface area contributed by atoms with E-state index in [9.17, 15) is 9.59 Å². The van der Waals surface area contributed by atoms with Crippen LogP contribution in [0.3, 0.4) is 0 Å². The molecule has 7 nitrogen and oxygen atoms in total. The van der Waals surface area contributed by atoms with Gasteiger partial charge in [0.15, 0.2) is 4.34 Å². The van der Waals surface area contributed by atoms with E-state index in [1.807, 2.05) is 0 Å². The van der Waals surface area contributed by atoms with Crippen LogP contribution in [-0.4, -0.2) is 37.9 Å². The highest BCUT2D eigenvalue weighted by atomic mass is 32.2. The number of hydrogen-bond acceptors (Lipinski definition) is 8. The Labute approximate surface area is 113 Å². The monoisotopic (exact) mass is 302 g/mol. The van der Waals surface area contributed by atoms with Crippen LogP contribution in [0.1, 0.15) is 9.67 Å². The van der Waals surface area contributed by atoms with Crippen molar-refractivity contribution in [2.75, 3.05) is 11.1 Å². The first kappa shape index (κ1) is 12.9. The molecule has 0 unspecified atom stereocenters. The van der Waals surface area contributed by atoms with E-state index in [2.05, 4.69) is 20.5 Å². The van der Waals surface area contributed by atoms with Crippen molar-refractivity contribution in [3.63, 3.8) is 0 Å². The van der Waals surface area contributed by atoms with Crippen LogP contribution >= 0.6 is 34.4 Å². The molecular formula is C8H6N4O3S3. The van der Waals surface area contributed by atoms with E-state index in [4.69, 9.17) is 5.11 Å². The number of carboxylic acids is 1. The van der Waals surface area contributed by atoms with Crippen LogP contribution in [0.15, 0.2) is 16.0 Å². The molecule has 10 heteroatoms. The number of thioether (sulfide) groups is 1. The van der Waals surface area contributed by atoms with Crippen molar-refractivity contribution in [2.24, 2.45) is 0 Å². The fourth-order valence-corrected chi connectivity index (χ4v) is 2.91. The highest BCUT2D eigenvalue weighted by molar-refractivity contribution is 8.01. The van der Waals surface area contributed by atoms with Crippen LogP contribution < -0.4 is 5.32 Å². The molecule has 0 radical (unpaired) electrons. The summed E-state index contributed by atoms with van der Waals surface area (Å²) in [5.74, 6) is -1.31. The van der Waals surface area contributed by atoms with Gasteiger partial charge in [-0.3, -0.25) is 19.9 Å². The first-order valence-corrected chi connectivity index (χ1v) is 7.21. The number of carbonyl (C=O) groups is 2. The highest BCUT2D eigenvalue weighted by Crippen LogP contribution is 2.25. The summed E-state index contributed by atoms with van der Waals surface area (Å²) in [6.45, 7) is 0. The van der Waals surface area contributed by atoms with E-state index >= 15 is 0 Å². The van der Waals surface area contributed by atoms with Crippen LogP contribution in [0.25, 0.3) is 0 Å². The van der Waals surface area contributed by atoms with Crippen LogP contribution in [0, 0.1) is 0 Å². The number of aliphatic carboxylic acids is 1. The molecule has 2 N–H and O–H groups in total. The molecule has 2 aromatic rings. The first-order valence-electron chi connectivity index (χ1n) is 4.53. The molecule has 0 bridgehead atoms. The van der Waals surface area contributed by atoms with E-state index in [1.165, 1.54) is 17.5 Å². The van der Waals surface area contributed by atoms with E-state index in [1.54, 1.807) is 5.51 Å². The Morgan fingerprint density at radius 1 is 1.44 bits per heavy atom. The molecule has 2 aromatic heterocycles. The molecule has 0 saturated heterocycles. The quantitative estimate of drug-likeness (QED) is 0.635. The standard InChI is InChI=1S/C8H6N4O3S3/c13-5(14)2-16-8-12-11-7(18-8)10-6(15)4-1-9-3-17-4/h1,3H,2H2,(H,13,14)(H,10,11,15). The van der Waals surface area contributed by atoms with E-state index in [0.29, 0.717) is 14.3 Å². The molecule has 2 rings (SSSR count). The van der Waals surface area contributed by atoms with Gasteiger partial charge in [-0.05, 0) is 0 Å². The Balaban J connectivity index is 1.94. The number of rotatable bonds is 5. The molecule has 0 atom stereocenters. The van der Waals surface area contributed by atoms with Crippen LogP contribution in [0.4, 0.5) is 5.13 Å². The first-order chi connectivity index (χ1) is 8.65. The largest absolute Gasteiger partial charge is 0.481 e. The molecule has 0 aromatic carbocycles. The fourth-order valence-electron chi connectivity index (χ4n) is 0.929. The van der Waals surface area contributed by atoms with E-state index in [0.717, 1.165) is 23.1 Å². The summed E-state index contributed by atoms with van der Waals surface area (Å²) in [6, 6.07) is 0. The summed E-state index contributed by atoms with van der Waals surface area (Å²) < 4.78 is 0.497. The van der Waals surface area contributed by atoms with Crippen LogP contribution in [0.2, 0.25) is 0 Å². The Morgan fingerprint density at radius 3 is 2.94 bits per heavy atom. The topological polar surface area (TPSA) is 105 Å². The van der Waals surface area contributed by atoms with Crippen LogP contribution in [0.5, 0.6) is 0 Å². The lowest BCUT2D eigenvalue weighted by atomic mass is 10.5. The number of carbonyl (C=O) groups excluding carboxylic acids is 1. The van der Waals surface area contributed by atoms with Crippen LogP contribution in [-0.2, 0) is 4.79 Å². The predicted molar refractivity (Wildman–Crippen MR) is 68.3 cm³/mol. The minimum absolute atomic E-state index is 0.0859. The average molecular weight is 302 g/mol. The summed E-state index contributed by atoms with van der Waals surface area (Å²) in [5, 5.41) is 18.9. The maximum atomic E-state index is 11.6. The molecule has 0 fully saturated rings. The third-order valence-electron chi connectivity index (χ3n) is 1.60. The van der Waals surface area contributed by atoms with E-state index in [-0.39, 0.29) is 11.7 Å². The number of carboxylic acid groups (broad SMARTS) is 1. The van der Waals surface area contributed by atoms with Gasteiger partial charge in [0.1, 0.15) is 4.88 Å². The van der Waals surface area contributed by atoms with E-state index < -0.39 is 5.97 Å². The maximum Gasteiger partial charge on any atom is 0.313 e. The predicted octanol–water partition coefficient (Wildman–Crippen LogP) is 1.42. The van der Waals surface area contributed by atoms with Crippen molar-refractivity contribution < 1.29 is 14.7 Å². The number of amides is 1. The summed E-state index contributed by atoms with van der Waals surface area (Å²) in [6.07, 6.45) is 1.46. The second-order valence-corrected chi connectivity index (χ2v) is 5.96. The molecule has 0 spiro atoms. The van der Waals surface area contributed by atoms with Gasteiger partial charge in [0.2, 0.25) is 5.13 Å². The lowest BCUT2D eigenvalue weighted by Gasteiger charge is -1.95. The molecular weight excluding hydrogens is 296 g/mol. The van der Waals surface area contributed by atoms with Crippen molar-refractivity contribution in [2.45, 2.75) is 4.34 Å². The van der Waals surface area contributed by atoms with Gasteiger partial charge in [0.25, 0.3) is 5.91 Å². The van der Waals surface area contributed by atoms with Crippen molar-refractivity contribution in [1.82, 2.24) is 15.2 Å². The van der Waals surface area contributed by atoms with Crippen molar-refractivity contribution in [1.29, 1.82) is 0 Å². The lowest BCUT2D eigenvalue weighted by Crippen LogP contribution is -2.09. The Morgan fingerprint density at radius 2 is 2.28 bits per heavy atom. The number of nitrogens with zero attached hydrogens (tertiary/aromatic N) is 3. The van der Waals surface area contributed by atoms with Crippen molar-refractivity contribution in [3.05, 3.63) is 16.6 Å². The number of aromatic nitrogens is 3. The zero-order chi connectivity index (χ0) is 13.0. The zero-order valence-electron chi connectivity index (χ0n) is 8.69. The maximum absolute atomic E-state index is 11.6. The summed E-state index contributed by atoms with van der Waals surface area (Å²) in [5.41, 5.74) is 1.56. The molecule has 2 heterocycles. The molecule has 18 heavy (non-hydrogen) atoms. The Kier molecular flexibility index (Phi) is 4.23. The number of thiazole rings is 1. The van der Waals surface area contributed by atoms with Crippen molar-refractivity contribution in [3.8, 4) is 0 Å². The second-order valence-electron chi connectivity index (χ2n) is 2.88. The summed E-state index contributed by atoms with van der Waals surface area (Å²) in [4.78, 5) is 26.3. The van der Waals surface area contributed by atoms with Gasteiger partial charge >= 0.3 is 5.97 Å². The SMILES string of the molecule is O=C(O)CSc1nnc(NC(=O)c2cncs2)s1. The Bertz CT molecular complexity index is 554. The normalized spacial score (nSPS) is 10.2. The van der Waals surface area contributed by atoms with Crippen molar-refractivity contribution >= 4 is 51.4 Å². The third-order valence-corrected chi connectivity index (χ3v) is 4.33. The molecule has 0 saturated carbocycles. The third kappa shape index (κ3) is 3.48. The number of hydrogen-bond donors (Lipinski definition) is 2. The van der Waals surface area contributed by atoms with Gasteiger partial charge in [-0.2, -0.15) is 0 Å². The Hall–Kier alpha value is -1.52. The zero-order valence-corrected chi connectivity index (χ0v) is 11.1. The number of anilines is 1. The van der Waals surface area contributed by atoms with Gasteiger partial charge in [0, 0.05) is 0 Å². The van der Waals surface area contributed by atoms with Gasteiger partial charge < -0.3 is 5.11 Å². The second kappa shape index (κ2) is 5.89. The van der Waals surface area contributed by atoms with Gasteiger partial charge in [-0.15, -0.1) is 21.5 Å². The highest BCUT2D eigenvalue weighted by Gasteiger charge is 2.12. The average Bonchev–Trinajstić information content (AvgIpc) is 2.97. The summed E-state index contributed by atoms with van der Waals surface area (Å²) >= 11 is 3.41. The van der Waals surface area contributed by atoms with Gasteiger partial charge in [-0.1, -0.05) is 23.1 Å².